The molecule has 1 aromatic rings. The zero-order chi connectivity index (χ0) is 9.42. The van der Waals surface area contributed by atoms with Crippen LogP contribution in [0.4, 0.5) is 11.4 Å². The summed E-state index contributed by atoms with van der Waals surface area (Å²) >= 11 is 0. The highest BCUT2D eigenvalue weighted by Gasteiger charge is 2.21. The van der Waals surface area contributed by atoms with Crippen molar-refractivity contribution in [1.29, 1.82) is 0 Å². The van der Waals surface area contributed by atoms with Crippen molar-refractivity contribution in [2.75, 3.05) is 10.6 Å². The van der Waals surface area contributed by atoms with Crippen molar-refractivity contribution in [3.8, 4) is 0 Å². The Bertz CT molecular complexity index is 360. The van der Waals surface area contributed by atoms with Gasteiger partial charge in [-0.2, -0.15) is 0 Å². The predicted octanol–water partition coefficient (Wildman–Crippen LogP) is 1.75. The van der Waals surface area contributed by atoms with Gasteiger partial charge in [0.2, 0.25) is 5.91 Å². The monoisotopic (exact) mass is 176 g/mol. The number of rotatable bonds is 0. The Labute approximate surface area is 77.1 Å². The van der Waals surface area contributed by atoms with Crippen LogP contribution in [0.15, 0.2) is 18.2 Å². The fourth-order valence-corrected chi connectivity index (χ4v) is 1.49. The van der Waals surface area contributed by atoms with E-state index >= 15 is 0 Å². The molecule has 1 aliphatic rings. The number of anilines is 2. The number of benzene rings is 1. The summed E-state index contributed by atoms with van der Waals surface area (Å²) in [5.41, 5.74) is 3.07. The zero-order valence-corrected chi connectivity index (χ0v) is 7.72. The first-order chi connectivity index (χ1) is 6.18. The van der Waals surface area contributed by atoms with Crippen LogP contribution >= 0.6 is 0 Å². The number of hydrogen-bond acceptors (Lipinski definition) is 2. The molecular weight excluding hydrogens is 164 g/mol. The third-order valence-electron chi connectivity index (χ3n) is 2.28. The minimum Gasteiger partial charge on any atom is -0.372 e. The van der Waals surface area contributed by atoms with Crippen LogP contribution in [-0.4, -0.2) is 11.9 Å². The molecule has 1 unspecified atom stereocenters. The van der Waals surface area contributed by atoms with Crippen molar-refractivity contribution in [2.45, 2.75) is 19.9 Å². The second kappa shape index (κ2) is 2.76. The van der Waals surface area contributed by atoms with Crippen molar-refractivity contribution < 1.29 is 4.79 Å². The molecule has 3 nitrogen and oxygen atoms in total. The molecule has 2 N–H and O–H groups in total. The van der Waals surface area contributed by atoms with Gasteiger partial charge in [-0.25, -0.2) is 0 Å². The van der Waals surface area contributed by atoms with Gasteiger partial charge in [-0.3, -0.25) is 4.79 Å². The van der Waals surface area contributed by atoms with Gasteiger partial charge in [-0.1, -0.05) is 12.1 Å². The summed E-state index contributed by atoms with van der Waals surface area (Å²) in [6, 6.07) is 5.72. The summed E-state index contributed by atoms with van der Waals surface area (Å²) in [5.74, 6) is 0.0260. The number of para-hydroxylation sites is 1. The van der Waals surface area contributed by atoms with E-state index in [9.17, 15) is 4.79 Å². The molecule has 0 spiro atoms. The number of amides is 1. The number of aryl methyl sites for hydroxylation is 1. The highest BCUT2D eigenvalue weighted by atomic mass is 16.2. The molecule has 0 saturated heterocycles. The van der Waals surface area contributed by atoms with E-state index < -0.39 is 0 Å². The summed E-state index contributed by atoms with van der Waals surface area (Å²) in [5, 5.41) is 6.01. The van der Waals surface area contributed by atoms with Crippen molar-refractivity contribution >= 4 is 17.3 Å². The number of carbonyl (C=O) groups excluding carboxylic acids is 1. The molecule has 1 aliphatic heterocycles. The van der Waals surface area contributed by atoms with Crippen molar-refractivity contribution in [3.63, 3.8) is 0 Å². The maximum atomic E-state index is 11.3. The molecule has 0 radical (unpaired) electrons. The van der Waals surface area contributed by atoms with E-state index in [1.807, 2.05) is 32.0 Å². The first kappa shape index (κ1) is 8.10. The average molecular weight is 176 g/mol. The fraction of sp³-hybridized carbons (Fsp3) is 0.300. The molecule has 1 aromatic carbocycles. The Morgan fingerprint density at radius 1 is 1.38 bits per heavy atom. The van der Waals surface area contributed by atoms with E-state index in [2.05, 4.69) is 10.6 Å². The van der Waals surface area contributed by atoms with Crippen LogP contribution in [0.1, 0.15) is 12.5 Å². The van der Waals surface area contributed by atoms with Gasteiger partial charge in [0.1, 0.15) is 6.04 Å². The minimum atomic E-state index is -0.145. The van der Waals surface area contributed by atoms with Crippen molar-refractivity contribution in [1.82, 2.24) is 0 Å². The second-order valence-corrected chi connectivity index (χ2v) is 3.35. The molecule has 0 saturated carbocycles. The van der Waals surface area contributed by atoms with Gasteiger partial charge in [-0.15, -0.1) is 0 Å². The third-order valence-corrected chi connectivity index (χ3v) is 2.28. The van der Waals surface area contributed by atoms with Gasteiger partial charge in [0, 0.05) is 0 Å². The number of fused-ring (bicyclic) bond motifs is 1. The zero-order valence-electron chi connectivity index (χ0n) is 7.72. The molecule has 13 heavy (non-hydrogen) atoms. The normalized spacial score (nSPS) is 20.2. The Kier molecular flexibility index (Phi) is 1.72. The first-order valence-corrected chi connectivity index (χ1v) is 4.35. The molecule has 0 fully saturated rings. The summed E-state index contributed by atoms with van der Waals surface area (Å²) in [7, 11) is 0. The van der Waals surface area contributed by atoms with Gasteiger partial charge >= 0.3 is 0 Å². The predicted molar refractivity (Wildman–Crippen MR) is 52.9 cm³/mol. The molecule has 1 atom stereocenters. The SMILES string of the molecule is Cc1cccc2c1NC(C)C(=O)N2. The maximum absolute atomic E-state index is 11.3. The van der Waals surface area contributed by atoms with E-state index in [1.165, 1.54) is 0 Å². The lowest BCUT2D eigenvalue weighted by atomic mass is 10.1. The number of hydrogen-bond donors (Lipinski definition) is 2. The average Bonchev–Trinajstić information content (AvgIpc) is 2.09. The van der Waals surface area contributed by atoms with E-state index in [0.717, 1.165) is 16.9 Å². The van der Waals surface area contributed by atoms with E-state index in [4.69, 9.17) is 0 Å². The molecule has 68 valence electrons. The molecule has 2 rings (SSSR count). The largest absolute Gasteiger partial charge is 0.372 e. The topological polar surface area (TPSA) is 41.1 Å². The lowest BCUT2D eigenvalue weighted by Crippen LogP contribution is -2.36. The lowest BCUT2D eigenvalue weighted by molar-refractivity contribution is -0.116. The van der Waals surface area contributed by atoms with Gasteiger partial charge in [-0.05, 0) is 25.5 Å². The van der Waals surface area contributed by atoms with Crippen LogP contribution in [0.2, 0.25) is 0 Å². The van der Waals surface area contributed by atoms with Gasteiger partial charge in [0.25, 0.3) is 0 Å². The lowest BCUT2D eigenvalue weighted by Gasteiger charge is -2.25. The van der Waals surface area contributed by atoms with Crippen LogP contribution in [0.5, 0.6) is 0 Å². The second-order valence-electron chi connectivity index (χ2n) is 3.35. The quantitative estimate of drug-likeness (QED) is 0.632. The smallest absolute Gasteiger partial charge is 0.246 e. The molecule has 3 heteroatoms. The van der Waals surface area contributed by atoms with E-state index in [1.54, 1.807) is 0 Å². The van der Waals surface area contributed by atoms with Gasteiger partial charge < -0.3 is 10.6 Å². The molecule has 0 aromatic heterocycles. The maximum Gasteiger partial charge on any atom is 0.246 e. The Morgan fingerprint density at radius 2 is 2.15 bits per heavy atom. The molecule has 0 bridgehead atoms. The molecule has 1 amide bonds. The summed E-state index contributed by atoms with van der Waals surface area (Å²) in [6.45, 7) is 3.88. The number of nitrogens with one attached hydrogen (secondary N) is 2. The Hall–Kier alpha value is -1.51. The van der Waals surface area contributed by atoms with Crippen LogP contribution in [-0.2, 0) is 4.79 Å². The van der Waals surface area contributed by atoms with Crippen molar-refractivity contribution in [3.05, 3.63) is 23.8 Å². The summed E-state index contributed by atoms with van der Waals surface area (Å²) in [6.07, 6.45) is 0. The van der Waals surface area contributed by atoms with Gasteiger partial charge in [0.05, 0.1) is 11.4 Å². The Balaban J connectivity index is 2.48. The minimum absolute atomic E-state index is 0.0260. The fourth-order valence-electron chi connectivity index (χ4n) is 1.49. The van der Waals surface area contributed by atoms with Crippen molar-refractivity contribution in [2.24, 2.45) is 0 Å². The summed E-state index contributed by atoms with van der Waals surface area (Å²) < 4.78 is 0. The molecule has 1 heterocycles. The highest BCUT2D eigenvalue weighted by Crippen LogP contribution is 2.29. The third kappa shape index (κ3) is 1.26. The van der Waals surface area contributed by atoms with Gasteiger partial charge in [0.15, 0.2) is 0 Å². The Morgan fingerprint density at radius 3 is 2.92 bits per heavy atom. The molecule has 0 aliphatic carbocycles. The van der Waals surface area contributed by atoms with Crippen LogP contribution in [0.25, 0.3) is 0 Å². The first-order valence-electron chi connectivity index (χ1n) is 4.35. The summed E-state index contributed by atoms with van der Waals surface area (Å²) in [4.78, 5) is 11.3. The van der Waals surface area contributed by atoms with Crippen LogP contribution in [0, 0.1) is 6.92 Å². The standard InChI is InChI=1S/C10H12N2O/c1-6-4-3-5-8-9(6)11-7(2)10(13)12-8/h3-5,7,11H,1-2H3,(H,12,13). The van der Waals surface area contributed by atoms with E-state index in [0.29, 0.717) is 0 Å². The molecular formula is C10H12N2O. The highest BCUT2D eigenvalue weighted by molar-refractivity contribution is 6.03. The number of carbonyl (C=O) groups is 1. The van der Waals surface area contributed by atoms with Crippen LogP contribution < -0.4 is 10.6 Å². The van der Waals surface area contributed by atoms with Crippen LogP contribution in [0.3, 0.4) is 0 Å². The van der Waals surface area contributed by atoms with E-state index in [-0.39, 0.29) is 11.9 Å².